The zero-order chi connectivity index (χ0) is 12.8. The Hall–Kier alpha value is -1.12. The first-order valence-corrected chi connectivity index (χ1v) is 7.48. The van der Waals surface area contributed by atoms with Crippen LogP contribution in [0, 0.1) is 6.92 Å². The van der Waals surface area contributed by atoms with E-state index in [0.29, 0.717) is 6.04 Å². The summed E-state index contributed by atoms with van der Waals surface area (Å²) < 4.78 is 0. The Balaban J connectivity index is 1.88. The molecule has 2 rings (SSSR count). The van der Waals surface area contributed by atoms with E-state index in [9.17, 15) is 0 Å². The first-order valence-electron chi connectivity index (χ1n) is 6.60. The molecule has 0 fully saturated rings. The number of hydrogen-bond donors (Lipinski definition) is 1. The number of hydrogen-bond acceptors (Lipinski definition) is 2. The van der Waals surface area contributed by atoms with Crippen LogP contribution in [0.25, 0.3) is 0 Å². The Kier molecular flexibility index (Phi) is 4.97. The standard InChI is InChI=1S/C16H21NS/c1-3-15(11-14-7-5-4-6-8-14)17-12-16-13(2)9-10-18-16/h4-10,15,17H,3,11-12H2,1-2H3. The van der Waals surface area contributed by atoms with Crippen molar-refractivity contribution in [3.63, 3.8) is 0 Å². The summed E-state index contributed by atoms with van der Waals surface area (Å²) in [5.74, 6) is 0. The number of thiophene rings is 1. The molecule has 0 aliphatic rings. The van der Waals surface area contributed by atoms with E-state index in [4.69, 9.17) is 0 Å². The molecule has 0 saturated heterocycles. The predicted octanol–water partition coefficient (Wildman–Crippen LogP) is 4.17. The summed E-state index contributed by atoms with van der Waals surface area (Å²) >= 11 is 1.85. The normalized spacial score (nSPS) is 12.6. The summed E-state index contributed by atoms with van der Waals surface area (Å²) in [6, 6.07) is 13.5. The Bertz CT molecular complexity index is 461. The fourth-order valence-corrected chi connectivity index (χ4v) is 2.94. The van der Waals surface area contributed by atoms with Crippen molar-refractivity contribution >= 4 is 11.3 Å². The maximum absolute atomic E-state index is 3.67. The second kappa shape index (κ2) is 6.72. The van der Waals surface area contributed by atoms with E-state index in [-0.39, 0.29) is 0 Å². The molecule has 18 heavy (non-hydrogen) atoms. The van der Waals surface area contributed by atoms with Crippen LogP contribution in [0.1, 0.15) is 29.3 Å². The molecule has 0 bridgehead atoms. The van der Waals surface area contributed by atoms with Gasteiger partial charge in [0.15, 0.2) is 0 Å². The third-order valence-corrected chi connectivity index (χ3v) is 4.36. The molecule has 0 aliphatic carbocycles. The summed E-state index contributed by atoms with van der Waals surface area (Å²) in [4.78, 5) is 1.46. The highest BCUT2D eigenvalue weighted by molar-refractivity contribution is 7.10. The Morgan fingerprint density at radius 2 is 1.94 bits per heavy atom. The van der Waals surface area contributed by atoms with E-state index in [2.05, 4.69) is 60.9 Å². The van der Waals surface area contributed by atoms with Crippen molar-refractivity contribution in [1.29, 1.82) is 0 Å². The van der Waals surface area contributed by atoms with E-state index < -0.39 is 0 Å². The Morgan fingerprint density at radius 3 is 2.56 bits per heavy atom. The molecular weight excluding hydrogens is 238 g/mol. The average Bonchev–Trinajstić information content (AvgIpc) is 2.81. The van der Waals surface area contributed by atoms with E-state index in [1.54, 1.807) is 0 Å². The lowest BCUT2D eigenvalue weighted by molar-refractivity contribution is 0.496. The van der Waals surface area contributed by atoms with Gasteiger partial charge >= 0.3 is 0 Å². The molecule has 1 nitrogen and oxygen atoms in total. The fraction of sp³-hybridized carbons (Fsp3) is 0.375. The SMILES string of the molecule is CCC(Cc1ccccc1)NCc1sccc1C. The van der Waals surface area contributed by atoms with Gasteiger partial charge in [-0.05, 0) is 42.3 Å². The van der Waals surface area contributed by atoms with Crippen LogP contribution in [-0.2, 0) is 13.0 Å². The molecule has 1 atom stereocenters. The van der Waals surface area contributed by atoms with Crippen molar-refractivity contribution in [2.45, 2.75) is 39.3 Å². The van der Waals surface area contributed by atoms with Crippen LogP contribution in [0.3, 0.4) is 0 Å². The van der Waals surface area contributed by atoms with Crippen molar-refractivity contribution in [3.05, 3.63) is 57.8 Å². The molecule has 0 amide bonds. The summed E-state index contributed by atoms with van der Waals surface area (Å²) in [7, 11) is 0. The molecule has 0 spiro atoms. The van der Waals surface area contributed by atoms with Crippen molar-refractivity contribution in [2.24, 2.45) is 0 Å². The maximum atomic E-state index is 3.67. The lowest BCUT2D eigenvalue weighted by Gasteiger charge is -2.17. The second-order valence-electron chi connectivity index (χ2n) is 4.70. The zero-order valence-electron chi connectivity index (χ0n) is 11.1. The lowest BCUT2D eigenvalue weighted by atomic mass is 10.0. The largest absolute Gasteiger partial charge is 0.309 e. The molecule has 1 aromatic heterocycles. The first kappa shape index (κ1) is 13.3. The second-order valence-corrected chi connectivity index (χ2v) is 5.70. The monoisotopic (exact) mass is 259 g/mol. The zero-order valence-corrected chi connectivity index (χ0v) is 12.0. The van der Waals surface area contributed by atoms with Crippen LogP contribution in [0.4, 0.5) is 0 Å². The lowest BCUT2D eigenvalue weighted by Crippen LogP contribution is -2.29. The molecule has 1 heterocycles. The highest BCUT2D eigenvalue weighted by Crippen LogP contribution is 2.16. The number of aryl methyl sites for hydroxylation is 1. The Labute approximate surface area is 114 Å². The molecule has 2 heteroatoms. The van der Waals surface area contributed by atoms with Crippen LogP contribution in [0.15, 0.2) is 41.8 Å². The van der Waals surface area contributed by atoms with Crippen molar-refractivity contribution < 1.29 is 0 Å². The van der Waals surface area contributed by atoms with Crippen LogP contribution in [-0.4, -0.2) is 6.04 Å². The summed E-state index contributed by atoms with van der Waals surface area (Å²) in [5.41, 5.74) is 2.82. The van der Waals surface area contributed by atoms with Gasteiger partial charge in [0.25, 0.3) is 0 Å². The molecule has 0 aliphatic heterocycles. The molecule has 2 aromatic rings. The molecule has 1 unspecified atom stereocenters. The third kappa shape index (κ3) is 3.69. The minimum Gasteiger partial charge on any atom is -0.309 e. The quantitative estimate of drug-likeness (QED) is 0.821. The van der Waals surface area contributed by atoms with Crippen LogP contribution in [0.2, 0.25) is 0 Å². The average molecular weight is 259 g/mol. The fourth-order valence-electron chi connectivity index (χ4n) is 2.08. The van der Waals surface area contributed by atoms with E-state index in [0.717, 1.165) is 13.0 Å². The van der Waals surface area contributed by atoms with Gasteiger partial charge in [-0.25, -0.2) is 0 Å². The number of rotatable bonds is 6. The van der Waals surface area contributed by atoms with Gasteiger partial charge in [-0.1, -0.05) is 37.3 Å². The minimum atomic E-state index is 0.564. The predicted molar refractivity (Wildman–Crippen MR) is 80.1 cm³/mol. The van der Waals surface area contributed by atoms with E-state index in [1.807, 2.05) is 11.3 Å². The van der Waals surface area contributed by atoms with Crippen LogP contribution in [0.5, 0.6) is 0 Å². The van der Waals surface area contributed by atoms with Gasteiger partial charge in [-0.2, -0.15) is 0 Å². The molecular formula is C16H21NS. The summed E-state index contributed by atoms with van der Waals surface area (Å²) in [6.45, 7) is 5.43. The molecule has 1 N–H and O–H groups in total. The van der Waals surface area contributed by atoms with Gasteiger partial charge in [0.05, 0.1) is 0 Å². The molecule has 0 saturated carbocycles. The van der Waals surface area contributed by atoms with Gasteiger partial charge in [-0.15, -0.1) is 11.3 Å². The smallest absolute Gasteiger partial charge is 0.0305 e. The molecule has 96 valence electrons. The van der Waals surface area contributed by atoms with Crippen molar-refractivity contribution in [2.75, 3.05) is 0 Å². The number of benzene rings is 1. The maximum Gasteiger partial charge on any atom is 0.0305 e. The topological polar surface area (TPSA) is 12.0 Å². The Morgan fingerprint density at radius 1 is 1.17 bits per heavy atom. The van der Waals surface area contributed by atoms with Gasteiger partial charge in [0, 0.05) is 17.5 Å². The number of nitrogens with one attached hydrogen (secondary N) is 1. The van der Waals surface area contributed by atoms with Crippen molar-refractivity contribution in [3.8, 4) is 0 Å². The highest BCUT2D eigenvalue weighted by atomic mass is 32.1. The first-order chi connectivity index (χ1) is 8.79. The molecule has 0 radical (unpaired) electrons. The third-order valence-electron chi connectivity index (χ3n) is 3.34. The van der Waals surface area contributed by atoms with Gasteiger partial charge in [0.2, 0.25) is 0 Å². The minimum absolute atomic E-state index is 0.564. The van der Waals surface area contributed by atoms with E-state index in [1.165, 1.54) is 22.4 Å². The van der Waals surface area contributed by atoms with Gasteiger partial charge in [-0.3, -0.25) is 0 Å². The van der Waals surface area contributed by atoms with E-state index >= 15 is 0 Å². The highest BCUT2D eigenvalue weighted by Gasteiger charge is 2.08. The summed E-state index contributed by atoms with van der Waals surface area (Å²) in [5, 5.41) is 5.84. The van der Waals surface area contributed by atoms with Gasteiger partial charge in [0.1, 0.15) is 0 Å². The van der Waals surface area contributed by atoms with Crippen LogP contribution < -0.4 is 5.32 Å². The summed E-state index contributed by atoms with van der Waals surface area (Å²) in [6.07, 6.45) is 2.28. The van der Waals surface area contributed by atoms with Crippen LogP contribution >= 0.6 is 11.3 Å². The van der Waals surface area contributed by atoms with Crippen molar-refractivity contribution in [1.82, 2.24) is 5.32 Å². The van der Waals surface area contributed by atoms with Gasteiger partial charge < -0.3 is 5.32 Å². The molecule has 1 aromatic carbocycles.